The molecule has 27 heavy (non-hydrogen) atoms. The fourth-order valence-corrected chi connectivity index (χ4v) is 4.09. The third kappa shape index (κ3) is 5.33. The molecule has 5 heteroatoms. The smallest absolute Gasteiger partial charge is 0.234 e. The van der Waals surface area contributed by atoms with Gasteiger partial charge in [0.1, 0.15) is 11.1 Å². The number of aromatic nitrogens is 1. The molecule has 0 spiro atoms. The summed E-state index contributed by atoms with van der Waals surface area (Å²) >= 11 is 1.35. The Morgan fingerprint density at radius 3 is 2.63 bits per heavy atom. The second-order valence-electron chi connectivity index (χ2n) is 6.86. The molecule has 0 fully saturated rings. The van der Waals surface area contributed by atoms with Gasteiger partial charge in [0.25, 0.3) is 0 Å². The highest BCUT2D eigenvalue weighted by Crippen LogP contribution is 2.26. The van der Waals surface area contributed by atoms with E-state index >= 15 is 0 Å². The van der Waals surface area contributed by atoms with E-state index in [0.29, 0.717) is 10.6 Å². The highest BCUT2D eigenvalue weighted by Gasteiger charge is 2.15. The number of hydrogen-bond donors (Lipinski definition) is 1. The number of carbonyl (C=O) groups excluding carboxylic acids is 1. The minimum absolute atomic E-state index is 0.0818. The molecule has 1 heterocycles. The van der Waals surface area contributed by atoms with E-state index < -0.39 is 0 Å². The first-order valence-electron chi connectivity index (χ1n) is 9.64. The molecular weight excluding hydrogens is 354 g/mol. The van der Waals surface area contributed by atoms with Crippen LogP contribution >= 0.6 is 11.8 Å². The number of pyridine rings is 1. The monoisotopic (exact) mass is 379 g/mol. The lowest BCUT2D eigenvalue weighted by molar-refractivity contribution is -0.113. The summed E-state index contributed by atoms with van der Waals surface area (Å²) in [5.41, 5.74) is 4.93. The van der Waals surface area contributed by atoms with Gasteiger partial charge in [0, 0.05) is 11.4 Å². The van der Waals surface area contributed by atoms with Gasteiger partial charge in [-0.15, -0.1) is 0 Å². The zero-order valence-electron chi connectivity index (χ0n) is 15.8. The summed E-state index contributed by atoms with van der Waals surface area (Å²) in [4.78, 5) is 17.0. The topological polar surface area (TPSA) is 65.8 Å². The van der Waals surface area contributed by atoms with Gasteiger partial charge in [-0.1, -0.05) is 43.7 Å². The summed E-state index contributed by atoms with van der Waals surface area (Å²) in [6.07, 6.45) is 7.72. The Morgan fingerprint density at radius 1 is 1.19 bits per heavy atom. The van der Waals surface area contributed by atoms with Crippen molar-refractivity contribution in [3.05, 3.63) is 52.7 Å². The maximum atomic E-state index is 12.3. The SMILES string of the molecule is CCc1ccc(NC(=O)CSc2nc3c(cc2C#N)CCCCCC3)cc1. The molecule has 4 nitrogen and oxygen atoms in total. The molecule has 0 bridgehead atoms. The van der Waals surface area contributed by atoms with Crippen LogP contribution in [0, 0.1) is 11.3 Å². The molecule has 2 aromatic rings. The third-order valence-corrected chi connectivity index (χ3v) is 5.86. The van der Waals surface area contributed by atoms with Crippen LogP contribution in [0.2, 0.25) is 0 Å². The number of carbonyl (C=O) groups is 1. The summed E-state index contributed by atoms with van der Waals surface area (Å²) in [6, 6.07) is 12.1. The van der Waals surface area contributed by atoms with Crippen LogP contribution < -0.4 is 5.32 Å². The largest absolute Gasteiger partial charge is 0.325 e. The number of hydrogen-bond acceptors (Lipinski definition) is 4. The van der Waals surface area contributed by atoms with Crippen molar-refractivity contribution in [3.63, 3.8) is 0 Å². The molecule has 3 rings (SSSR count). The van der Waals surface area contributed by atoms with Crippen LogP contribution in [0.3, 0.4) is 0 Å². The van der Waals surface area contributed by atoms with Crippen LogP contribution in [0.5, 0.6) is 0 Å². The van der Waals surface area contributed by atoms with Crippen molar-refractivity contribution in [2.45, 2.75) is 56.9 Å². The standard InChI is InChI=1S/C22H25N3OS/c1-2-16-9-11-19(12-10-16)24-21(26)15-27-22-18(14-23)13-17-7-5-3-4-6-8-20(17)25-22/h9-13H,2-8,15H2,1H3,(H,24,26). The van der Waals surface area contributed by atoms with Crippen LogP contribution in [-0.4, -0.2) is 16.6 Å². The maximum Gasteiger partial charge on any atom is 0.234 e. The summed E-state index contributed by atoms with van der Waals surface area (Å²) in [5.74, 6) is 0.164. The van der Waals surface area contributed by atoms with Gasteiger partial charge in [0.2, 0.25) is 5.91 Å². The number of nitrogens with zero attached hydrogens (tertiary/aromatic N) is 2. The van der Waals surface area contributed by atoms with E-state index in [9.17, 15) is 10.1 Å². The number of fused-ring (bicyclic) bond motifs is 1. The first-order valence-corrected chi connectivity index (χ1v) is 10.6. The second kappa shape index (κ2) is 9.57. The van der Waals surface area contributed by atoms with Crippen LogP contribution in [0.1, 0.15) is 55.0 Å². The molecular formula is C22H25N3OS. The van der Waals surface area contributed by atoms with Crippen molar-refractivity contribution < 1.29 is 4.79 Å². The van der Waals surface area contributed by atoms with Crippen molar-refractivity contribution in [1.82, 2.24) is 4.98 Å². The van der Waals surface area contributed by atoms with E-state index in [4.69, 9.17) is 4.98 Å². The first-order chi connectivity index (χ1) is 13.2. The van der Waals surface area contributed by atoms with Crippen molar-refractivity contribution in [2.75, 3.05) is 11.1 Å². The molecule has 140 valence electrons. The lowest BCUT2D eigenvalue weighted by Crippen LogP contribution is -2.14. The summed E-state index contributed by atoms with van der Waals surface area (Å²) in [6.45, 7) is 2.10. The molecule has 1 amide bonds. The van der Waals surface area contributed by atoms with Gasteiger partial charge in [-0.25, -0.2) is 4.98 Å². The molecule has 1 aromatic heterocycles. The molecule has 0 saturated heterocycles. The normalized spacial score (nSPS) is 13.8. The van der Waals surface area contributed by atoms with E-state index in [0.717, 1.165) is 43.5 Å². The Kier molecular flexibility index (Phi) is 6.89. The van der Waals surface area contributed by atoms with E-state index in [2.05, 4.69) is 18.3 Å². The highest BCUT2D eigenvalue weighted by molar-refractivity contribution is 8.00. The molecule has 0 unspecified atom stereocenters. The lowest BCUT2D eigenvalue weighted by Gasteiger charge is -2.15. The van der Waals surface area contributed by atoms with Crippen molar-refractivity contribution in [1.29, 1.82) is 5.26 Å². The third-order valence-electron chi connectivity index (χ3n) is 4.87. The fraction of sp³-hybridized carbons (Fsp3) is 0.409. The average molecular weight is 380 g/mol. The minimum atomic E-state index is -0.0818. The molecule has 0 aliphatic heterocycles. The Labute approximate surface area is 165 Å². The summed E-state index contributed by atoms with van der Waals surface area (Å²) < 4.78 is 0. The van der Waals surface area contributed by atoms with Crippen LogP contribution in [0.4, 0.5) is 5.69 Å². The number of thioether (sulfide) groups is 1. The first kappa shape index (κ1) is 19.4. The second-order valence-corrected chi connectivity index (χ2v) is 7.82. The Balaban J connectivity index is 1.66. The van der Waals surface area contributed by atoms with Gasteiger partial charge in [-0.3, -0.25) is 4.79 Å². The van der Waals surface area contributed by atoms with E-state index in [-0.39, 0.29) is 11.7 Å². The molecule has 1 aliphatic rings. The predicted octanol–water partition coefficient (Wildman–Crippen LogP) is 4.91. The van der Waals surface area contributed by atoms with Gasteiger partial charge < -0.3 is 5.32 Å². The summed E-state index contributed by atoms with van der Waals surface area (Å²) in [5, 5.41) is 13.1. The van der Waals surface area contributed by atoms with Crippen molar-refractivity contribution >= 4 is 23.4 Å². The average Bonchev–Trinajstić information content (AvgIpc) is 2.67. The maximum absolute atomic E-state index is 12.3. The number of amides is 1. The van der Waals surface area contributed by atoms with Crippen LogP contribution in [-0.2, 0) is 24.1 Å². The highest BCUT2D eigenvalue weighted by atomic mass is 32.2. The van der Waals surface area contributed by atoms with Gasteiger partial charge >= 0.3 is 0 Å². The molecule has 0 radical (unpaired) electrons. The minimum Gasteiger partial charge on any atom is -0.325 e. The quantitative estimate of drug-likeness (QED) is 0.750. The number of nitrogens with one attached hydrogen (secondary N) is 1. The zero-order valence-corrected chi connectivity index (χ0v) is 16.6. The van der Waals surface area contributed by atoms with Crippen LogP contribution in [0.15, 0.2) is 35.4 Å². The number of nitriles is 1. The van der Waals surface area contributed by atoms with E-state index in [1.807, 2.05) is 30.3 Å². The van der Waals surface area contributed by atoms with Crippen LogP contribution in [0.25, 0.3) is 0 Å². The number of aryl methyl sites for hydroxylation is 3. The number of benzene rings is 1. The number of anilines is 1. The molecule has 0 saturated carbocycles. The Morgan fingerprint density at radius 2 is 1.93 bits per heavy atom. The lowest BCUT2D eigenvalue weighted by atomic mass is 9.96. The van der Waals surface area contributed by atoms with Crippen molar-refractivity contribution in [3.8, 4) is 6.07 Å². The number of rotatable bonds is 5. The fourth-order valence-electron chi connectivity index (χ4n) is 3.31. The molecule has 0 atom stereocenters. The Hall–Kier alpha value is -2.32. The zero-order chi connectivity index (χ0) is 19.1. The Bertz CT molecular complexity index is 840. The van der Waals surface area contributed by atoms with Gasteiger partial charge in [0.15, 0.2) is 0 Å². The predicted molar refractivity (Wildman–Crippen MR) is 110 cm³/mol. The van der Waals surface area contributed by atoms with E-state index in [1.165, 1.54) is 35.7 Å². The van der Waals surface area contributed by atoms with Gasteiger partial charge in [0.05, 0.1) is 11.3 Å². The van der Waals surface area contributed by atoms with Gasteiger partial charge in [-0.2, -0.15) is 5.26 Å². The van der Waals surface area contributed by atoms with Gasteiger partial charge in [-0.05, 0) is 61.4 Å². The van der Waals surface area contributed by atoms with Crippen molar-refractivity contribution in [2.24, 2.45) is 0 Å². The molecule has 1 aromatic carbocycles. The van der Waals surface area contributed by atoms with E-state index in [1.54, 1.807) is 0 Å². The molecule has 1 aliphatic carbocycles. The molecule has 1 N–H and O–H groups in total. The summed E-state index contributed by atoms with van der Waals surface area (Å²) in [7, 11) is 0.